The predicted octanol–water partition coefficient (Wildman–Crippen LogP) is 4.34. The molecule has 3 aromatic rings. The van der Waals surface area contributed by atoms with Gasteiger partial charge >= 0.3 is 0 Å². The smallest absolute Gasteiger partial charge is 0.244 e. The van der Waals surface area contributed by atoms with Crippen molar-refractivity contribution in [2.75, 3.05) is 6.54 Å². The normalized spacial score (nSPS) is 17.9. The van der Waals surface area contributed by atoms with E-state index < -0.39 is 0 Å². The molecule has 1 aromatic carbocycles. The van der Waals surface area contributed by atoms with E-state index in [-0.39, 0.29) is 11.8 Å². The number of likely N-dealkylation sites (tertiary alicyclic amines) is 1. The molecule has 2 aromatic heterocycles. The number of carbonyl (C=O) groups is 1. The van der Waals surface area contributed by atoms with Crippen molar-refractivity contribution in [3.8, 4) is 11.4 Å². The first-order valence-electron chi connectivity index (χ1n) is 8.42. The van der Waals surface area contributed by atoms with Gasteiger partial charge in [0.05, 0.1) is 10.9 Å². The van der Waals surface area contributed by atoms with Gasteiger partial charge in [-0.2, -0.15) is 4.98 Å². The highest BCUT2D eigenvalue weighted by atomic mass is 32.1. The monoisotopic (exact) mass is 353 g/mol. The number of nitrogens with zero attached hydrogens (tertiary/aromatic N) is 3. The summed E-state index contributed by atoms with van der Waals surface area (Å²) in [6, 6.07) is 12.0. The maximum Gasteiger partial charge on any atom is 0.244 e. The van der Waals surface area contributed by atoms with Crippen LogP contribution in [0, 0.1) is 0 Å². The van der Waals surface area contributed by atoms with Gasteiger partial charge in [-0.15, -0.1) is 11.3 Å². The molecule has 0 spiro atoms. The third kappa shape index (κ3) is 3.41. The number of thiophene rings is 1. The highest BCUT2D eigenvalue weighted by Gasteiger charge is 2.31. The molecule has 6 heteroatoms. The van der Waals surface area contributed by atoms with Gasteiger partial charge in [-0.05, 0) is 43.3 Å². The number of carbonyl (C=O) groups excluding carboxylic acids is 1. The first-order chi connectivity index (χ1) is 12.2. The second-order valence-electron chi connectivity index (χ2n) is 6.33. The Morgan fingerprint density at radius 2 is 2.20 bits per heavy atom. The van der Waals surface area contributed by atoms with Crippen LogP contribution < -0.4 is 0 Å². The van der Waals surface area contributed by atoms with E-state index in [1.807, 2.05) is 36.4 Å². The fourth-order valence-electron chi connectivity index (χ4n) is 3.25. The van der Waals surface area contributed by atoms with Crippen molar-refractivity contribution < 1.29 is 9.32 Å². The lowest BCUT2D eigenvalue weighted by Crippen LogP contribution is -2.22. The summed E-state index contributed by atoms with van der Waals surface area (Å²) in [4.78, 5) is 19.3. The highest BCUT2D eigenvalue weighted by Crippen LogP contribution is 2.33. The zero-order valence-electron chi connectivity index (χ0n) is 14.0. The van der Waals surface area contributed by atoms with E-state index in [0.29, 0.717) is 11.7 Å². The van der Waals surface area contributed by atoms with Crippen LogP contribution >= 0.6 is 11.3 Å². The summed E-state index contributed by atoms with van der Waals surface area (Å²) in [5, 5.41) is 6.21. The second kappa shape index (κ2) is 6.90. The highest BCUT2D eigenvalue weighted by molar-refractivity contribution is 7.12. The molecule has 3 heterocycles. The minimum Gasteiger partial charge on any atom is -0.337 e. The van der Waals surface area contributed by atoms with Crippen LogP contribution in [-0.4, -0.2) is 27.4 Å². The molecule has 5 nitrogen and oxygen atoms in total. The molecule has 0 radical (unpaired) electrons. The Kier molecular flexibility index (Phi) is 4.46. The summed E-state index contributed by atoms with van der Waals surface area (Å²) < 4.78 is 5.56. The SMILES string of the molecule is CC(=O)c1cc(CN2CCCC2c2nc(-c3ccccc3)no2)cs1. The number of benzene rings is 1. The molecule has 1 fully saturated rings. The molecule has 0 amide bonds. The van der Waals surface area contributed by atoms with E-state index in [9.17, 15) is 4.79 Å². The van der Waals surface area contributed by atoms with Crippen LogP contribution in [0.25, 0.3) is 11.4 Å². The number of hydrogen-bond donors (Lipinski definition) is 0. The largest absolute Gasteiger partial charge is 0.337 e. The second-order valence-corrected chi connectivity index (χ2v) is 7.24. The van der Waals surface area contributed by atoms with Crippen molar-refractivity contribution in [2.45, 2.75) is 32.4 Å². The van der Waals surface area contributed by atoms with E-state index in [4.69, 9.17) is 4.52 Å². The van der Waals surface area contributed by atoms with Crippen LogP contribution in [0.15, 0.2) is 46.3 Å². The van der Waals surface area contributed by atoms with Crippen LogP contribution in [0.3, 0.4) is 0 Å². The molecular weight excluding hydrogens is 334 g/mol. The molecule has 4 rings (SSSR count). The fourth-order valence-corrected chi connectivity index (χ4v) is 4.05. The van der Waals surface area contributed by atoms with Gasteiger partial charge in [0.1, 0.15) is 0 Å². The van der Waals surface area contributed by atoms with Gasteiger partial charge < -0.3 is 4.52 Å². The number of ketones is 1. The van der Waals surface area contributed by atoms with Crippen LogP contribution in [0.2, 0.25) is 0 Å². The Balaban J connectivity index is 1.51. The Morgan fingerprint density at radius 3 is 2.96 bits per heavy atom. The Morgan fingerprint density at radius 1 is 1.36 bits per heavy atom. The maximum atomic E-state index is 11.5. The van der Waals surface area contributed by atoms with Crippen molar-refractivity contribution in [1.29, 1.82) is 0 Å². The van der Waals surface area contributed by atoms with Gasteiger partial charge in [-0.1, -0.05) is 35.5 Å². The van der Waals surface area contributed by atoms with Gasteiger partial charge in [-0.3, -0.25) is 9.69 Å². The van der Waals surface area contributed by atoms with E-state index in [2.05, 4.69) is 20.4 Å². The summed E-state index contributed by atoms with van der Waals surface area (Å²) in [7, 11) is 0. The van der Waals surface area contributed by atoms with Crippen molar-refractivity contribution >= 4 is 17.1 Å². The molecule has 0 N–H and O–H groups in total. The van der Waals surface area contributed by atoms with E-state index in [1.54, 1.807) is 6.92 Å². The zero-order valence-corrected chi connectivity index (χ0v) is 14.8. The fraction of sp³-hybridized carbons (Fsp3) is 0.316. The average molecular weight is 353 g/mol. The molecule has 1 atom stereocenters. The third-order valence-corrected chi connectivity index (χ3v) is 5.59. The number of Topliss-reactive ketones (excluding diaryl/α,β-unsaturated/α-hetero) is 1. The lowest BCUT2D eigenvalue weighted by Gasteiger charge is -2.20. The van der Waals surface area contributed by atoms with Crippen LogP contribution in [0.1, 0.15) is 46.9 Å². The number of rotatable bonds is 5. The van der Waals surface area contributed by atoms with Gasteiger partial charge in [0.2, 0.25) is 11.7 Å². The Bertz CT molecular complexity index is 872. The maximum absolute atomic E-state index is 11.5. The minimum atomic E-state index is 0.124. The summed E-state index contributed by atoms with van der Waals surface area (Å²) in [5.41, 5.74) is 2.14. The zero-order chi connectivity index (χ0) is 17.2. The van der Waals surface area contributed by atoms with Crippen molar-refractivity contribution in [2.24, 2.45) is 0 Å². The van der Waals surface area contributed by atoms with Gasteiger partial charge in [0, 0.05) is 12.1 Å². The predicted molar refractivity (Wildman–Crippen MR) is 96.4 cm³/mol. The van der Waals surface area contributed by atoms with Crippen LogP contribution in [0.5, 0.6) is 0 Å². The average Bonchev–Trinajstić information content (AvgIpc) is 3.36. The van der Waals surface area contributed by atoms with Crippen LogP contribution in [-0.2, 0) is 6.54 Å². The quantitative estimate of drug-likeness (QED) is 0.639. The molecule has 1 unspecified atom stereocenters. The van der Waals surface area contributed by atoms with Gasteiger partial charge in [0.15, 0.2) is 5.78 Å². The number of aromatic nitrogens is 2. The van der Waals surface area contributed by atoms with Crippen molar-refractivity contribution in [3.63, 3.8) is 0 Å². The molecule has 0 bridgehead atoms. The summed E-state index contributed by atoms with van der Waals surface area (Å²) in [6.07, 6.45) is 2.12. The Labute approximate surface area is 150 Å². The summed E-state index contributed by atoms with van der Waals surface area (Å²) >= 11 is 1.51. The topological polar surface area (TPSA) is 59.2 Å². The lowest BCUT2D eigenvalue weighted by molar-refractivity contribution is 0.102. The Hall–Kier alpha value is -2.31. The van der Waals surface area contributed by atoms with E-state index in [1.165, 1.54) is 16.9 Å². The van der Waals surface area contributed by atoms with Crippen LogP contribution in [0.4, 0.5) is 0 Å². The number of hydrogen-bond acceptors (Lipinski definition) is 6. The van der Waals surface area contributed by atoms with Crippen molar-refractivity contribution in [1.82, 2.24) is 15.0 Å². The molecule has 0 aliphatic carbocycles. The lowest BCUT2D eigenvalue weighted by atomic mass is 10.2. The van der Waals surface area contributed by atoms with Gasteiger partial charge in [-0.25, -0.2) is 0 Å². The summed E-state index contributed by atoms with van der Waals surface area (Å²) in [6.45, 7) is 3.41. The standard InChI is InChI=1S/C19H19N3O2S/c1-13(23)17-10-14(12-25-17)11-22-9-5-8-16(22)19-20-18(21-24-19)15-6-3-2-4-7-15/h2-4,6-7,10,12,16H,5,8-9,11H2,1H3. The third-order valence-electron chi connectivity index (χ3n) is 4.51. The first-order valence-corrected chi connectivity index (χ1v) is 9.30. The molecule has 1 aliphatic heterocycles. The van der Waals surface area contributed by atoms with Crippen molar-refractivity contribution in [3.05, 3.63) is 58.1 Å². The van der Waals surface area contributed by atoms with E-state index in [0.717, 1.165) is 36.4 Å². The molecule has 1 saturated heterocycles. The molecule has 1 aliphatic rings. The van der Waals surface area contributed by atoms with E-state index >= 15 is 0 Å². The minimum absolute atomic E-state index is 0.124. The molecular formula is C19H19N3O2S. The molecule has 25 heavy (non-hydrogen) atoms. The molecule has 0 saturated carbocycles. The molecule has 128 valence electrons. The first kappa shape index (κ1) is 16.2. The summed E-state index contributed by atoms with van der Waals surface area (Å²) in [5.74, 6) is 1.44. The van der Waals surface area contributed by atoms with Gasteiger partial charge in [0.25, 0.3) is 0 Å².